The molecule has 1 aliphatic heterocycles. The molecule has 0 amide bonds. The van der Waals surface area contributed by atoms with Gasteiger partial charge in [-0.2, -0.15) is 9.97 Å². The fourth-order valence-electron chi connectivity index (χ4n) is 3.76. The predicted molar refractivity (Wildman–Crippen MR) is 117 cm³/mol. The monoisotopic (exact) mass is 474 g/mol. The Hall–Kier alpha value is -1.42. The zero-order chi connectivity index (χ0) is 22.9. The van der Waals surface area contributed by atoms with Gasteiger partial charge in [-0.1, -0.05) is 32.4 Å². The topological polar surface area (TPSA) is 146 Å². The number of fused-ring (bicyclic) bond motifs is 1. The van der Waals surface area contributed by atoms with Crippen molar-refractivity contribution in [3.05, 3.63) is 11.5 Å². The minimum absolute atomic E-state index is 0.0270. The molecule has 2 aromatic rings. The highest BCUT2D eigenvalue weighted by atomic mass is 35.5. The number of imidazole rings is 1. The third-order valence-electron chi connectivity index (χ3n) is 5.94. The number of aliphatic hydroxyl groups excluding tert-OH is 2. The molecule has 1 saturated heterocycles. The summed E-state index contributed by atoms with van der Waals surface area (Å²) in [5, 5.41) is 21.5. The average molecular weight is 475 g/mol. The molecule has 3 rings (SSSR count). The minimum atomic E-state index is -1.87. The van der Waals surface area contributed by atoms with Gasteiger partial charge in [-0.05, 0) is 30.8 Å². The molecule has 1 fully saturated rings. The van der Waals surface area contributed by atoms with Crippen LogP contribution in [0.2, 0.25) is 5.15 Å². The summed E-state index contributed by atoms with van der Waals surface area (Å²) in [7, 11) is -1.87. The van der Waals surface area contributed by atoms with Crippen LogP contribution in [-0.2, 0) is 13.8 Å². The molecule has 3 unspecified atom stereocenters. The first-order valence-electron chi connectivity index (χ1n) is 10.5. The van der Waals surface area contributed by atoms with Crippen LogP contribution in [0.5, 0.6) is 0 Å². The fraction of sp³-hybridized carbons (Fsp3) is 0.737. The summed E-state index contributed by atoms with van der Waals surface area (Å²) in [4.78, 5) is 12.2. The van der Waals surface area contributed by atoms with Gasteiger partial charge in [0, 0.05) is 6.42 Å². The molecule has 0 aliphatic carbocycles. The van der Waals surface area contributed by atoms with E-state index < -0.39 is 38.2 Å². The Morgan fingerprint density at radius 3 is 2.61 bits per heavy atom. The van der Waals surface area contributed by atoms with E-state index in [1.54, 1.807) is 0 Å². The number of ether oxygens (including phenoxy) is 1. The van der Waals surface area contributed by atoms with Crippen LogP contribution in [0.4, 0.5) is 5.95 Å². The van der Waals surface area contributed by atoms with E-state index in [1.165, 1.54) is 10.9 Å². The summed E-state index contributed by atoms with van der Waals surface area (Å²) in [5.74, 6) is -0.0407. The Kier molecular flexibility index (Phi) is 7.50. The van der Waals surface area contributed by atoms with E-state index >= 15 is 0 Å². The smallest absolute Gasteiger partial charge is 0.388 e. The summed E-state index contributed by atoms with van der Waals surface area (Å²) < 4.78 is 26.1. The van der Waals surface area contributed by atoms with Gasteiger partial charge in [0.1, 0.15) is 23.3 Å². The molecule has 1 aliphatic rings. The summed E-state index contributed by atoms with van der Waals surface area (Å²) in [6.07, 6.45) is -0.381. The number of aliphatic hydroxyl groups is 2. The lowest BCUT2D eigenvalue weighted by Gasteiger charge is -2.27. The third kappa shape index (κ3) is 4.84. The SMILES string of the molecule is CCC(CC)[P+](=O)OC(C)(CC)C[C@H]1OC(n2cnc3c(Cl)nc(N)nc32)[C@H](O)[C@@H]1O. The number of nitrogens with two attached hydrogens (primary N) is 1. The van der Waals surface area contributed by atoms with Crippen LogP contribution < -0.4 is 5.73 Å². The summed E-state index contributed by atoms with van der Waals surface area (Å²) in [5.41, 5.74) is 5.48. The molecule has 0 radical (unpaired) electrons. The van der Waals surface area contributed by atoms with Crippen molar-refractivity contribution in [2.24, 2.45) is 0 Å². The van der Waals surface area contributed by atoms with E-state index in [2.05, 4.69) is 15.0 Å². The van der Waals surface area contributed by atoms with E-state index in [4.69, 9.17) is 26.6 Å². The Balaban J connectivity index is 1.81. The quantitative estimate of drug-likeness (QED) is 0.368. The zero-order valence-electron chi connectivity index (χ0n) is 18.1. The van der Waals surface area contributed by atoms with Crippen LogP contribution in [0.15, 0.2) is 6.33 Å². The average Bonchev–Trinajstić information content (AvgIpc) is 3.25. The van der Waals surface area contributed by atoms with Crippen molar-refractivity contribution in [1.82, 2.24) is 19.5 Å². The van der Waals surface area contributed by atoms with Gasteiger partial charge >= 0.3 is 8.03 Å². The van der Waals surface area contributed by atoms with Gasteiger partial charge in [0.15, 0.2) is 22.7 Å². The normalized spacial score (nSPS) is 26.5. The highest BCUT2D eigenvalue weighted by Crippen LogP contribution is 2.44. The number of aromatic nitrogens is 4. The number of nitrogens with zero attached hydrogens (tertiary/aromatic N) is 4. The van der Waals surface area contributed by atoms with E-state index in [1.807, 2.05) is 27.7 Å². The molecule has 0 aromatic carbocycles. The number of nitrogen functional groups attached to an aromatic ring is 1. The van der Waals surface area contributed by atoms with Crippen LogP contribution in [0.3, 0.4) is 0 Å². The van der Waals surface area contributed by atoms with E-state index in [-0.39, 0.29) is 23.2 Å². The van der Waals surface area contributed by atoms with Crippen LogP contribution >= 0.6 is 19.6 Å². The minimum Gasteiger partial charge on any atom is -0.388 e. The molecule has 6 atom stereocenters. The zero-order valence-corrected chi connectivity index (χ0v) is 19.8. The number of anilines is 1. The van der Waals surface area contributed by atoms with Crippen molar-refractivity contribution in [2.75, 3.05) is 5.73 Å². The predicted octanol–water partition coefficient (Wildman–Crippen LogP) is 3.19. The van der Waals surface area contributed by atoms with Gasteiger partial charge in [-0.3, -0.25) is 4.57 Å². The maximum absolute atomic E-state index is 12.7. The second-order valence-electron chi connectivity index (χ2n) is 8.10. The van der Waals surface area contributed by atoms with Gasteiger partial charge in [-0.15, -0.1) is 4.52 Å². The van der Waals surface area contributed by atoms with Gasteiger partial charge < -0.3 is 20.7 Å². The number of rotatable bonds is 9. The molecule has 0 bridgehead atoms. The molecular weight excluding hydrogens is 445 g/mol. The first-order valence-corrected chi connectivity index (χ1v) is 12.1. The largest absolute Gasteiger partial charge is 0.511 e. The van der Waals surface area contributed by atoms with Crippen LogP contribution in [0.25, 0.3) is 11.2 Å². The maximum Gasteiger partial charge on any atom is 0.511 e. The van der Waals surface area contributed by atoms with Gasteiger partial charge in [0.05, 0.1) is 12.4 Å². The first kappa shape index (κ1) is 24.2. The molecule has 172 valence electrons. The Morgan fingerprint density at radius 2 is 2.00 bits per heavy atom. The van der Waals surface area contributed by atoms with Crippen molar-refractivity contribution < 1.29 is 24.0 Å². The molecule has 3 heterocycles. The van der Waals surface area contributed by atoms with Crippen molar-refractivity contribution >= 4 is 36.7 Å². The van der Waals surface area contributed by atoms with Gasteiger partial charge in [-0.25, -0.2) is 4.98 Å². The van der Waals surface area contributed by atoms with Crippen LogP contribution in [-0.4, -0.2) is 59.3 Å². The Morgan fingerprint density at radius 1 is 1.32 bits per heavy atom. The van der Waals surface area contributed by atoms with E-state index in [9.17, 15) is 14.8 Å². The van der Waals surface area contributed by atoms with Crippen LogP contribution in [0, 0.1) is 0 Å². The second-order valence-corrected chi connectivity index (χ2v) is 9.94. The van der Waals surface area contributed by atoms with Gasteiger partial charge in [0.25, 0.3) is 0 Å². The summed E-state index contributed by atoms with van der Waals surface area (Å²) >= 11 is 6.08. The lowest BCUT2D eigenvalue weighted by Crippen LogP contribution is -2.38. The maximum atomic E-state index is 12.7. The lowest BCUT2D eigenvalue weighted by molar-refractivity contribution is -0.0622. The fourth-order valence-corrected chi connectivity index (χ4v) is 5.37. The molecule has 4 N–H and O–H groups in total. The third-order valence-corrected chi connectivity index (χ3v) is 8.15. The Bertz CT molecular complexity index is 942. The molecule has 2 aromatic heterocycles. The molecule has 31 heavy (non-hydrogen) atoms. The van der Waals surface area contributed by atoms with Crippen molar-refractivity contribution in [3.8, 4) is 0 Å². The summed E-state index contributed by atoms with van der Waals surface area (Å²) in [6, 6.07) is 0. The van der Waals surface area contributed by atoms with Crippen molar-refractivity contribution in [2.45, 2.75) is 89.2 Å². The molecule has 0 spiro atoms. The highest BCUT2D eigenvalue weighted by molar-refractivity contribution is 7.40. The van der Waals surface area contributed by atoms with E-state index in [0.717, 1.165) is 12.8 Å². The molecule has 12 heteroatoms. The second kappa shape index (κ2) is 9.60. The molecule has 0 saturated carbocycles. The first-order chi connectivity index (χ1) is 14.6. The molecular formula is C19H30ClN5O5P+. The molecule has 10 nitrogen and oxygen atoms in total. The number of hydrogen-bond donors (Lipinski definition) is 3. The van der Waals surface area contributed by atoms with Crippen molar-refractivity contribution in [1.29, 1.82) is 0 Å². The number of halogens is 1. The van der Waals surface area contributed by atoms with Gasteiger partial charge in [0.2, 0.25) is 5.95 Å². The summed E-state index contributed by atoms with van der Waals surface area (Å²) in [6.45, 7) is 7.74. The highest BCUT2D eigenvalue weighted by Gasteiger charge is 2.49. The Labute approximate surface area is 187 Å². The van der Waals surface area contributed by atoms with Crippen molar-refractivity contribution in [3.63, 3.8) is 0 Å². The lowest BCUT2D eigenvalue weighted by atomic mass is 9.93. The number of hydrogen-bond acceptors (Lipinski definition) is 9. The van der Waals surface area contributed by atoms with Crippen LogP contribution in [0.1, 0.15) is 59.6 Å². The standard InChI is InChI=1S/C19H30ClN5O5P/c1-5-10(6-2)31(28)30-19(4,7-3)8-11-13(26)14(27)17(29-11)25-9-22-12-15(20)23-18(21)24-16(12)25/h9-11,13-14,17,26-27H,5-8H2,1-4H3,(H2,21,23,24)/q+1/t11-,13-,14-,17?,19?/m1/s1. The van der Waals surface area contributed by atoms with E-state index in [0.29, 0.717) is 17.6 Å².